The highest BCUT2D eigenvalue weighted by atomic mass is 28.4. The van der Waals surface area contributed by atoms with Crippen molar-refractivity contribution in [2.75, 3.05) is 0 Å². The summed E-state index contributed by atoms with van der Waals surface area (Å²) in [6.45, 7) is 6.42. The maximum Gasteiger partial charge on any atom is 0.280 e. The molecule has 0 aliphatic rings. The molecule has 2 rings (SSSR count). The minimum absolute atomic E-state index is 0.0889. The molecule has 1 unspecified atom stereocenters. The molecule has 112 valence electrons. The van der Waals surface area contributed by atoms with Crippen molar-refractivity contribution in [3.05, 3.63) is 60.7 Å². The van der Waals surface area contributed by atoms with Crippen molar-refractivity contribution in [1.29, 1.82) is 0 Å². The molecule has 0 bridgehead atoms. The summed E-state index contributed by atoms with van der Waals surface area (Å²) < 4.78 is 6.22. The molecule has 0 saturated heterocycles. The summed E-state index contributed by atoms with van der Waals surface area (Å²) in [7, 11) is -4.10. The Balaban J connectivity index is 2.53. The molecule has 0 aliphatic carbocycles. The van der Waals surface area contributed by atoms with Crippen molar-refractivity contribution in [2.24, 2.45) is 0 Å². The average molecular weight is 317 g/mol. The zero-order valence-electron chi connectivity index (χ0n) is 13.0. The van der Waals surface area contributed by atoms with Gasteiger partial charge in [0.15, 0.2) is 9.04 Å². The monoisotopic (exact) mass is 316 g/mol. The van der Waals surface area contributed by atoms with Crippen LogP contribution >= 0.6 is 0 Å². The third kappa shape index (κ3) is 3.52. The van der Waals surface area contributed by atoms with Crippen LogP contribution in [0.25, 0.3) is 0 Å². The van der Waals surface area contributed by atoms with Crippen LogP contribution in [-0.2, 0) is 4.43 Å². The first-order valence-corrected chi connectivity index (χ1v) is 12.4. The van der Waals surface area contributed by atoms with Crippen LogP contribution in [-0.4, -0.2) is 27.9 Å². The van der Waals surface area contributed by atoms with Gasteiger partial charge in [-0.05, 0) is 29.9 Å². The van der Waals surface area contributed by atoms with E-state index in [1.807, 2.05) is 60.7 Å². The Kier molecular flexibility index (Phi) is 5.53. The Hall–Kier alpha value is -1.21. The lowest BCUT2D eigenvalue weighted by molar-refractivity contribution is 0.251. The predicted octanol–water partition coefficient (Wildman–Crippen LogP) is 2.06. The molecular formula is C17H24O2Si2. The van der Waals surface area contributed by atoms with Crippen LogP contribution in [0.15, 0.2) is 60.7 Å². The lowest BCUT2D eigenvalue weighted by Gasteiger charge is -2.35. The fourth-order valence-electron chi connectivity index (χ4n) is 2.74. The summed E-state index contributed by atoms with van der Waals surface area (Å²) in [5.74, 6) is 0. The molecule has 21 heavy (non-hydrogen) atoms. The second kappa shape index (κ2) is 7.18. The summed E-state index contributed by atoms with van der Waals surface area (Å²) >= 11 is 0. The van der Waals surface area contributed by atoms with Crippen molar-refractivity contribution in [1.82, 2.24) is 0 Å². The standard InChI is InChI=1S/C17H24O2Si2/c1-4-17(19-20(2)3)21(18,15-11-7-5-8-12-15)16-13-9-6-10-14-16/h5-14,17-18,20H,4H2,1-3H3. The summed E-state index contributed by atoms with van der Waals surface area (Å²) in [4.78, 5) is 11.7. The number of hydrogen-bond donors (Lipinski definition) is 1. The second-order valence-corrected chi connectivity index (χ2v) is 11.3. The van der Waals surface area contributed by atoms with Crippen LogP contribution in [0.3, 0.4) is 0 Å². The van der Waals surface area contributed by atoms with Crippen LogP contribution in [0.2, 0.25) is 13.1 Å². The molecule has 2 nitrogen and oxygen atoms in total. The summed E-state index contributed by atoms with van der Waals surface area (Å²) in [6.07, 6.45) is 0.831. The highest BCUT2D eigenvalue weighted by Gasteiger charge is 2.44. The Morgan fingerprint density at radius 1 is 0.952 bits per heavy atom. The van der Waals surface area contributed by atoms with Gasteiger partial charge in [-0.25, -0.2) is 0 Å². The van der Waals surface area contributed by atoms with E-state index in [4.69, 9.17) is 4.43 Å². The largest absolute Gasteiger partial charge is 0.422 e. The minimum atomic E-state index is -2.88. The first-order valence-electron chi connectivity index (χ1n) is 7.58. The van der Waals surface area contributed by atoms with Gasteiger partial charge in [0, 0.05) is 0 Å². The fraction of sp³-hybridized carbons (Fsp3) is 0.294. The summed E-state index contributed by atoms with van der Waals surface area (Å²) in [5.41, 5.74) is -0.0889. The van der Waals surface area contributed by atoms with Crippen molar-refractivity contribution in [2.45, 2.75) is 32.2 Å². The quantitative estimate of drug-likeness (QED) is 0.827. The normalized spacial score (nSPS) is 13.4. The van der Waals surface area contributed by atoms with Gasteiger partial charge in [0.2, 0.25) is 0 Å². The molecule has 0 spiro atoms. The molecule has 0 radical (unpaired) electrons. The molecular weight excluding hydrogens is 292 g/mol. The Bertz CT molecular complexity index is 504. The lowest BCUT2D eigenvalue weighted by Crippen LogP contribution is -2.68. The fourth-order valence-corrected chi connectivity index (χ4v) is 8.26. The first-order chi connectivity index (χ1) is 10.1. The van der Waals surface area contributed by atoms with Crippen LogP contribution in [0, 0.1) is 0 Å². The third-order valence-corrected chi connectivity index (χ3v) is 8.75. The van der Waals surface area contributed by atoms with Gasteiger partial charge in [0.25, 0.3) is 8.32 Å². The highest BCUT2D eigenvalue weighted by Crippen LogP contribution is 2.15. The number of hydrogen-bond acceptors (Lipinski definition) is 2. The van der Waals surface area contributed by atoms with Gasteiger partial charge in [-0.3, -0.25) is 0 Å². The molecule has 0 amide bonds. The molecule has 0 fully saturated rings. The van der Waals surface area contributed by atoms with Crippen molar-refractivity contribution >= 4 is 27.7 Å². The van der Waals surface area contributed by atoms with E-state index in [9.17, 15) is 4.80 Å². The van der Waals surface area contributed by atoms with Crippen LogP contribution < -0.4 is 10.4 Å². The Morgan fingerprint density at radius 2 is 1.38 bits per heavy atom. The molecule has 0 heterocycles. The second-order valence-electron chi connectivity index (χ2n) is 5.58. The van der Waals surface area contributed by atoms with Gasteiger partial charge in [0.1, 0.15) is 0 Å². The van der Waals surface area contributed by atoms with Gasteiger partial charge < -0.3 is 9.22 Å². The predicted molar refractivity (Wildman–Crippen MR) is 94.2 cm³/mol. The van der Waals surface area contributed by atoms with E-state index in [0.717, 1.165) is 16.8 Å². The molecule has 0 aliphatic heterocycles. The highest BCUT2D eigenvalue weighted by molar-refractivity contribution is 6.97. The molecule has 2 aromatic carbocycles. The zero-order chi connectivity index (χ0) is 15.3. The van der Waals surface area contributed by atoms with Gasteiger partial charge in [-0.2, -0.15) is 0 Å². The Morgan fingerprint density at radius 3 is 1.71 bits per heavy atom. The maximum absolute atomic E-state index is 11.7. The van der Waals surface area contributed by atoms with Crippen LogP contribution in [0.5, 0.6) is 0 Å². The van der Waals surface area contributed by atoms with E-state index in [1.54, 1.807) is 0 Å². The number of benzene rings is 2. The number of rotatable bonds is 6. The third-order valence-electron chi connectivity index (χ3n) is 3.70. The topological polar surface area (TPSA) is 29.5 Å². The van der Waals surface area contributed by atoms with Gasteiger partial charge in [-0.1, -0.05) is 67.6 Å². The van der Waals surface area contributed by atoms with Crippen molar-refractivity contribution in [3.63, 3.8) is 0 Å². The summed E-state index contributed by atoms with van der Waals surface area (Å²) in [5, 5.41) is 2.05. The molecule has 1 N–H and O–H groups in total. The van der Waals surface area contributed by atoms with Crippen molar-refractivity contribution in [3.8, 4) is 0 Å². The lowest BCUT2D eigenvalue weighted by atomic mass is 10.4. The molecule has 4 heteroatoms. The van der Waals surface area contributed by atoms with E-state index in [-0.39, 0.29) is 5.73 Å². The maximum atomic E-state index is 11.7. The van der Waals surface area contributed by atoms with E-state index in [2.05, 4.69) is 20.0 Å². The van der Waals surface area contributed by atoms with Crippen molar-refractivity contribution < 1.29 is 9.22 Å². The van der Waals surface area contributed by atoms with E-state index in [0.29, 0.717) is 0 Å². The Labute approximate surface area is 130 Å². The van der Waals surface area contributed by atoms with Gasteiger partial charge in [0.05, 0.1) is 5.73 Å². The van der Waals surface area contributed by atoms with E-state index >= 15 is 0 Å². The SMILES string of the molecule is CCC(O[SiH](C)C)[Si](O)(c1ccccc1)c1ccccc1. The molecule has 1 atom stereocenters. The van der Waals surface area contributed by atoms with Gasteiger partial charge >= 0.3 is 0 Å². The minimum Gasteiger partial charge on any atom is -0.422 e. The average Bonchev–Trinajstić information content (AvgIpc) is 2.53. The van der Waals surface area contributed by atoms with Gasteiger partial charge in [-0.15, -0.1) is 0 Å². The first kappa shape index (κ1) is 16.2. The smallest absolute Gasteiger partial charge is 0.280 e. The van der Waals surface area contributed by atoms with Crippen LogP contribution in [0.1, 0.15) is 13.3 Å². The molecule has 0 aromatic heterocycles. The van der Waals surface area contributed by atoms with E-state index in [1.165, 1.54) is 0 Å². The molecule has 0 saturated carbocycles. The van der Waals surface area contributed by atoms with E-state index < -0.39 is 17.4 Å². The molecule has 2 aromatic rings. The van der Waals surface area contributed by atoms with Crippen LogP contribution in [0.4, 0.5) is 0 Å². The zero-order valence-corrected chi connectivity index (χ0v) is 15.1. The summed E-state index contributed by atoms with van der Waals surface area (Å²) in [6, 6.07) is 20.1.